The quantitative estimate of drug-likeness (QED) is 0.0188. The average Bonchev–Trinajstić information content (AvgIpc) is 3.34. The van der Waals surface area contributed by atoms with Gasteiger partial charge in [-0.25, -0.2) is 4.79 Å². The summed E-state index contributed by atoms with van der Waals surface area (Å²) in [6.07, 6.45) is 7.46. The maximum Gasteiger partial charge on any atom is 0.410 e. The summed E-state index contributed by atoms with van der Waals surface area (Å²) in [6.45, 7) is 3.99. The Morgan fingerprint density at radius 3 is 2.40 bits per heavy atom. The number of carbonyl (C=O) groups excluding carboxylic acids is 1. The molecule has 4 aromatic rings. The number of benzene rings is 4. The molecule has 0 bridgehead atoms. The highest BCUT2D eigenvalue weighted by atomic mass is 35.5. The fraction of sp³-hybridized carbons (Fsp3) is 0.451. The molecule has 3 aliphatic rings. The van der Waals surface area contributed by atoms with Gasteiger partial charge in [-0.2, -0.15) is 0 Å². The second-order valence-corrected chi connectivity index (χ2v) is 17.3. The van der Waals surface area contributed by atoms with Crippen molar-refractivity contribution >= 4 is 39.9 Å². The Balaban J connectivity index is 1.41. The smallest absolute Gasteiger partial charge is 0.410 e. The number of fused-ring (bicyclic) bond motifs is 3. The zero-order valence-electron chi connectivity index (χ0n) is 37.6. The van der Waals surface area contributed by atoms with Crippen molar-refractivity contribution in [2.75, 3.05) is 58.7 Å². The van der Waals surface area contributed by atoms with Gasteiger partial charge in [-0.05, 0) is 102 Å². The first-order valence-electron chi connectivity index (χ1n) is 23.0. The monoisotopic (exact) mass is 941 g/mol. The lowest BCUT2D eigenvalue weighted by atomic mass is 9.55. The topological polar surface area (TPSA) is 192 Å². The average molecular weight is 943 g/mol. The molecule has 1 saturated carbocycles. The third-order valence-corrected chi connectivity index (χ3v) is 12.9. The number of aliphatic hydroxyl groups excluding tert-OH is 3. The number of halogens is 1. The number of unbranched alkanes of at least 4 members (excludes halogenated alkanes) is 2. The molecule has 0 aromatic heterocycles. The predicted molar refractivity (Wildman–Crippen MR) is 254 cm³/mol. The number of ether oxygens (including phenoxy) is 5. The van der Waals surface area contributed by atoms with Crippen LogP contribution in [0.25, 0.3) is 10.8 Å². The van der Waals surface area contributed by atoms with Crippen molar-refractivity contribution in [3.05, 3.63) is 130 Å². The number of allylic oxidation sites excluding steroid dienone is 1. The Labute approximate surface area is 395 Å². The zero-order valence-corrected chi connectivity index (χ0v) is 38.3. The molecule has 0 radical (unpaired) electrons. The molecule has 0 unspecified atom stereocenters. The first-order chi connectivity index (χ1) is 32.7. The van der Waals surface area contributed by atoms with Crippen molar-refractivity contribution in [1.29, 1.82) is 0 Å². The molecule has 16 heteroatoms. The number of hydrogen-bond donors (Lipinski definition) is 3. The van der Waals surface area contributed by atoms with E-state index in [0.29, 0.717) is 41.4 Å². The number of aliphatic hydroxyl groups is 3. The summed E-state index contributed by atoms with van der Waals surface area (Å²) < 4.78 is 32.4. The largest absolute Gasteiger partial charge is 0.459 e. The van der Waals surface area contributed by atoms with Crippen LogP contribution in [0.2, 0.25) is 0 Å². The van der Waals surface area contributed by atoms with Gasteiger partial charge in [-0.1, -0.05) is 60.5 Å². The van der Waals surface area contributed by atoms with E-state index in [0.717, 1.165) is 47.6 Å². The number of hydrogen-bond acceptors (Lipinski definition) is 13. The molecule has 6 atom stereocenters. The number of rotatable bonds is 25. The number of nitro benzene ring substituents is 1. The van der Waals surface area contributed by atoms with Crippen LogP contribution in [0.1, 0.15) is 62.0 Å². The lowest BCUT2D eigenvalue weighted by molar-refractivity contribution is -0.384. The van der Waals surface area contributed by atoms with Gasteiger partial charge in [-0.15, -0.1) is 18.2 Å². The van der Waals surface area contributed by atoms with Crippen molar-refractivity contribution in [3.63, 3.8) is 0 Å². The number of alkyl halides is 1. The van der Waals surface area contributed by atoms with E-state index >= 15 is 0 Å². The van der Waals surface area contributed by atoms with Crippen LogP contribution >= 0.6 is 11.6 Å². The molecule has 67 heavy (non-hydrogen) atoms. The Kier molecular flexibility index (Phi) is 17.6. The van der Waals surface area contributed by atoms with Gasteiger partial charge in [-0.3, -0.25) is 15.0 Å². The van der Waals surface area contributed by atoms with Crippen LogP contribution < -0.4 is 9.47 Å². The third-order valence-electron chi connectivity index (χ3n) is 12.8. The van der Waals surface area contributed by atoms with Gasteiger partial charge < -0.3 is 43.8 Å². The van der Waals surface area contributed by atoms with Crippen LogP contribution in [0.4, 0.5) is 10.5 Å². The van der Waals surface area contributed by atoms with Crippen LogP contribution in [0, 0.1) is 27.9 Å². The summed E-state index contributed by atoms with van der Waals surface area (Å²) in [7, 11) is 0. The van der Waals surface area contributed by atoms with E-state index < -0.39 is 28.8 Å². The normalized spacial score (nSPS) is 22.2. The molecule has 1 fully saturated rings. The summed E-state index contributed by atoms with van der Waals surface area (Å²) in [5.41, 5.74) is 2.85. The van der Waals surface area contributed by atoms with Gasteiger partial charge in [0.1, 0.15) is 36.5 Å². The summed E-state index contributed by atoms with van der Waals surface area (Å²) in [5, 5.41) is 47.9. The van der Waals surface area contributed by atoms with Gasteiger partial charge in [0.2, 0.25) is 5.79 Å². The van der Waals surface area contributed by atoms with Gasteiger partial charge >= 0.3 is 6.09 Å². The molecule has 2 aliphatic carbocycles. The fourth-order valence-corrected chi connectivity index (χ4v) is 9.97. The zero-order chi connectivity index (χ0) is 47.2. The number of non-ortho nitro benzene ring substituents is 1. The van der Waals surface area contributed by atoms with Crippen LogP contribution in [-0.2, 0) is 25.7 Å². The summed E-state index contributed by atoms with van der Waals surface area (Å²) >= 11 is 6.06. The molecule has 15 nitrogen and oxygen atoms in total. The summed E-state index contributed by atoms with van der Waals surface area (Å²) in [6, 6.07) is 25.0. The standard InChI is InChI=1S/C51H60ClN3O12/c1-2-26-64-51-47(54(22-28-62-29-25-58)50(59)63-27-21-52)33-45(53-65-34-35-13-16-39(17-14-35)55(60)61)43-31-38(11-5-7-23-56)42(12-6-8-24-57)48(49(43)51)44-32-41(19-20-46(44)67-51)66-40-18-15-36-9-3-4-10-37(36)30-40/h2-4,9-10,13-20,30-32,38,42,47-49,56-58H,1,5-8,11-12,21-29,33-34H2/t38-,42+,47-,48+,49+,51+/m0/s1. The van der Waals surface area contributed by atoms with Crippen LogP contribution in [-0.4, -0.2) is 107 Å². The van der Waals surface area contributed by atoms with Crippen molar-refractivity contribution in [2.45, 2.75) is 69.3 Å². The first-order valence-corrected chi connectivity index (χ1v) is 23.6. The minimum Gasteiger partial charge on any atom is -0.459 e. The SMILES string of the molecule is C=CCO[C@@]12Oc3ccc(Oc4ccc5ccccc5c4)cc3[C@H]3[C@H](CCCCO)[C@@H](CCCCO)C=C(C(=NOCc4ccc([N+](=O)[O-])cc4)C[C@@H]1N(CCOCCO)C(=O)OCCCl)[C@H]32. The summed E-state index contributed by atoms with van der Waals surface area (Å²) in [5.74, 6) is -0.729. The Hall–Kier alpha value is -5.55. The van der Waals surface area contributed by atoms with Gasteiger partial charge in [0, 0.05) is 49.8 Å². The minimum atomic E-state index is -1.57. The van der Waals surface area contributed by atoms with E-state index in [1.54, 1.807) is 18.2 Å². The van der Waals surface area contributed by atoms with Crippen molar-refractivity contribution in [1.82, 2.24) is 4.90 Å². The number of nitrogens with zero attached hydrogens (tertiary/aromatic N) is 3. The second-order valence-electron chi connectivity index (χ2n) is 16.9. The van der Waals surface area contributed by atoms with E-state index in [-0.39, 0.29) is 95.1 Å². The lowest BCUT2D eigenvalue weighted by Crippen LogP contribution is -2.70. The highest BCUT2D eigenvalue weighted by Crippen LogP contribution is 2.62. The van der Waals surface area contributed by atoms with E-state index in [9.17, 15) is 30.2 Å². The second kappa shape index (κ2) is 23.9. The number of nitro groups is 1. The molecule has 0 spiro atoms. The molecule has 1 aliphatic heterocycles. The van der Waals surface area contributed by atoms with Crippen LogP contribution in [0.5, 0.6) is 17.2 Å². The van der Waals surface area contributed by atoms with E-state index in [1.807, 2.05) is 54.6 Å². The lowest BCUT2D eigenvalue weighted by Gasteiger charge is -2.59. The molecule has 7 rings (SSSR count). The number of oxime groups is 1. The van der Waals surface area contributed by atoms with E-state index in [2.05, 4.69) is 18.7 Å². The molecule has 358 valence electrons. The molecule has 3 N–H and O–H groups in total. The highest BCUT2D eigenvalue weighted by Gasteiger charge is 2.65. The highest BCUT2D eigenvalue weighted by molar-refractivity contribution is 6.18. The van der Waals surface area contributed by atoms with Gasteiger partial charge in [0.05, 0.1) is 48.9 Å². The van der Waals surface area contributed by atoms with E-state index in [1.165, 1.54) is 17.0 Å². The predicted octanol–water partition coefficient (Wildman–Crippen LogP) is 9.06. The minimum absolute atomic E-state index is 0.000634. The van der Waals surface area contributed by atoms with Crippen LogP contribution in [0.3, 0.4) is 0 Å². The summed E-state index contributed by atoms with van der Waals surface area (Å²) in [4.78, 5) is 33.0. The van der Waals surface area contributed by atoms with Crippen LogP contribution in [0.15, 0.2) is 114 Å². The third kappa shape index (κ3) is 11.6. The number of carbonyl (C=O) groups is 1. The number of amides is 1. The van der Waals surface area contributed by atoms with E-state index in [4.69, 9.17) is 45.3 Å². The van der Waals surface area contributed by atoms with Crippen molar-refractivity contribution in [3.8, 4) is 17.2 Å². The molecule has 1 amide bonds. The maximum atomic E-state index is 14.4. The Morgan fingerprint density at radius 1 is 0.925 bits per heavy atom. The van der Waals surface area contributed by atoms with Crippen molar-refractivity contribution < 1.29 is 53.6 Å². The van der Waals surface area contributed by atoms with Crippen molar-refractivity contribution in [2.24, 2.45) is 22.9 Å². The van der Waals surface area contributed by atoms with Gasteiger partial charge in [0.15, 0.2) is 0 Å². The first kappa shape index (κ1) is 49.4. The fourth-order valence-electron chi connectivity index (χ4n) is 9.89. The molecular weight excluding hydrogens is 882 g/mol. The van der Waals surface area contributed by atoms with Gasteiger partial charge in [0.25, 0.3) is 5.69 Å². The molecule has 1 heterocycles. The molecular formula is C51H60ClN3O12. The maximum absolute atomic E-state index is 14.4. The molecule has 4 aromatic carbocycles. The Bertz CT molecular complexity index is 2360. The Morgan fingerprint density at radius 2 is 1.67 bits per heavy atom. The molecule has 0 saturated heterocycles.